The molecule has 1 aromatic carbocycles. The summed E-state index contributed by atoms with van der Waals surface area (Å²) in [5.74, 6) is -0.295. The molecule has 7 nitrogen and oxygen atoms in total. The predicted octanol–water partition coefficient (Wildman–Crippen LogP) is 5.15. The van der Waals surface area contributed by atoms with Gasteiger partial charge in [-0.15, -0.1) is 23.1 Å². The topological polar surface area (TPSA) is 89.8 Å². The largest absolute Gasteiger partial charge is 0.465 e. The molecule has 0 spiro atoms. The molecule has 2 heterocycles. The van der Waals surface area contributed by atoms with Gasteiger partial charge in [0.05, 0.1) is 34.4 Å². The van der Waals surface area contributed by atoms with Gasteiger partial charge in [-0.05, 0) is 55.9 Å². The summed E-state index contributed by atoms with van der Waals surface area (Å²) in [6, 6.07) is 5.60. The highest BCUT2D eigenvalue weighted by Crippen LogP contribution is 2.40. The van der Waals surface area contributed by atoms with Gasteiger partial charge in [0.2, 0.25) is 5.91 Å². The number of thioether (sulfide) groups is 1. The molecule has 0 saturated carbocycles. The van der Waals surface area contributed by atoms with Crippen LogP contribution in [0.15, 0.2) is 23.2 Å². The number of hydrogen-bond acceptors (Lipinski definition) is 7. The van der Waals surface area contributed by atoms with E-state index in [9.17, 15) is 14.4 Å². The van der Waals surface area contributed by atoms with Gasteiger partial charge in [0, 0.05) is 16.4 Å². The molecule has 0 radical (unpaired) electrons. The van der Waals surface area contributed by atoms with Crippen LogP contribution < -0.4 is 10.1 Å². The summed E-state index contributed by atoms with van der Waals surface area (Å²) < 4.78 is 7.91. The number of thiophene rings is 1. The van der Waals surface area contributed by atoms with E-state index in [2.05, 4.69) is 17.2 Å². The molecule has 0 fully saturated rings. The minimum absolute atomic E-state index is 0.0778. The van der Waals surface area contributed by atoms with Crippen molar-refractivity contribution in [2.24, 2.45) is 10.9 Å². The van der Waals surface area contributed by atoms with E-state index in [1.165, 1.54) is 41.5 Å². The van der Waals surface area contributed by atoms with Crippen molar-refractivity contribution in [3.8, 4) is 0 Å². The van der Waals surface area contributed by atoms with Crippen molar-refractivity contribution in [1.82, 2.24) is 4.57 Å². The number of esters is 1. The van der Waals surface area contributed by atoms with Gasteiger partial charge in [-0.1, -0.05) is 29.9 Å². The lowest BCUT2D eigenvalue weighted by atomic mass is 9.88. The van der Waals surface area contributed by atoms with Crippen molar-refractivity contribution >= 4 is 79.0 Å². The molecule has 4 rings (SSSR count). The van der Waals surface area contributed by atoms with Gasteiger partial charge in [0.15, 0.2) is 4.80 Å². The normalized spacial score (nSPS) is 15.8. The summed E-state index contributed by atoms with van der Waals surface area (Å²) in [7, 11) is 1.35. The molecule has 11 heteroatoms. The van der Waals surface area contributed by atoms with Crippen LogP contribution in [0.5, 0.6) is 0 Å². The monoisotopic (exact) mass is 551 g/mol. The molecule has 1 N–H and O–H groups in total. The molecular formula is C24H26ClN3O4S3. The van der Waals surface area contributed by atoms with E-state index in [1.807, 2.05) is 29.7 Å². The third-order valence-corrected chi connectivity index (χ3v) is 9.16. The number of halogens is 1. The van der Waals surface area contributed by atoms with Crippen LogP contribution in [-0.2, 0) is 33.7 Å². The molecule has 2 aromatic heterocycles. The minimum atomic E-state index is -0.428. The highest BCUT2D eigenvalue weighted by Gasteiger charge is 2.28. The fraction of sp³-hybridized carbons (Fsp3) is 0.417. The van der Waals surface area contributed by atoms with Gasteiger partial charge in [0.1, 0.15) is 5.00 Å². The lowest BCUT2D eigenvalue weighted by Gasteiger charge is -2.18. The highest BCUT2D eigenvalue weighted by molar-refractivity contribution is 8.00. The molecule has 1 atom stereocenters. The minimum Gasteiger partial charge on any atom is -0.465 e. The van der Waals surface area contributed by atoms with Crippen molar-refractivity contribution < 1.29 is 19.1 Å². The van der Waals surface area contributed by atoms with Crippen molar-refractivity contribution in [2.75, 3.05) is 23.9 Å². The van der Waals surface area contributed by atoms with Crippen LogP contribution in [0.4, 0.5) is 5.00 Å². The Morgan fingerprint density at radius 1 is 1.29 bits per heavy atom. The number of rotatable bonds is 7. The lowest BCUT2D eigenvalue weighted by molar-refractivity contribution is -0.115. The van der Waals surface area contributed by atoms with Gasteiger partial charge < -0.3 is 14.6 Å². The Morgan fingerprint density at radius 3 is 2.83 bits per heavy atom. The number of methoxy groups -OCH3 is 1. The maximum atomic E-state index is 12.6. The van der Waals surface area contributed by atoms with E-state index in [-0.39, 0.29) is 23.3 Å². The van der Waals surface area contributed by atoms with Gasteiger partial charge in [0.25, 0.3) is 5.91 Å². The molecule has 3 aromatic rings. The lowest BCUT2D eigenvalue weighted by Crippen LogP contribution is -2.19. The second kappa shape index (κ2) is 11.3. The standard InChI is InChI=1S/C24H26ClN3O4S3/c1-4-28-16-8-6-14(25)10-18(16)35-24(28)27-20(30)12-33-11-19(29)26-22-21(23(31)32-3)15-7-5-13(2)9-17(15)34-22/h6,8,10,13H,4-5,7,9,11-12H2,1-3H3,(H,26,29). The first-order chi connectivity index (χ1) is 16.8. The second-order valence-corrected chi connectivity index (χ2v) is 11.9. The summed E-state index contributed by atoms with van der Waals surface area (Å²) >= 11 is 10.1. The fourth-order valence-electron chi connectivity index (χ4n) is 4.13. The summed E-state index contributed by atoms with van der Waals surface area (Å²) in [6.45, 7) is 4.86. The van der Waals surface area contributed by atoms with Crippen LogP contribution in [0, 0.1) is 5.92 Å². The number of aromatic nitrogens is 1. The number of carbonyl (C=O) groups excluding carboxylic acids is 3. The van der Waals surface area contributed by atoms with Crippen molar-refractivity contribution in [3.05, 3.63) is 44.0 Å². The van der Waals surface area contributed by atoms with E-state index in [0.29, 0.717) is 32.9 Å². The average Bonchev–Trinajstić information content (AvgIpc) is 3.34. The Balaban J connectivity index is 1.40. The first kappa shape index (κ1) is 25.9. The smallest absolute Gasteiger partial charge is 0.341 e. The average molecular weight is 552 g/mol. The Bertz CT molecular complexity index is 1360. The Morgan fingerprint density at radius 2 is 2.09 bits per heavy atom. The summed E-state index contributed by atoms with van der Waals surface area (Å²) in [6.07, 6.45) is 2.71. The molecular weight excluding hydrogens is 526 g/mol. The number of ether oxygens (including phenoxy) is 1. The first-order valence-corrected chi connectivity index (χ1v) is 14.4. The van der Waals surface area contributed by atoms with Crippen LogP contribution in [0.3, 0.4) is 0 Å². The van der Waals surface area contributed by atoms with Crippen LogP contribution in [-0.4, -0.2) is 41.0 Å². The Hall–Kier alpha value is -2.14. The number of nitrogens with zero attached hydrogens (tertiary/aromatic N) is 2. The molecule has 2 amide bonds. The number of amides is 2. The Kier molecular flexibility index (Phi) is 8.36. The number of benzene rings is 1. The number of aryl methyl sites for hydroxylation is 1. The van der Waals surface area contributed by atoms with E-state index in [1.54, 1.807) is 0 Å². The molecule has 1 aliphatic carbocycles. The van der Waals surface area contributed by atoms with Gasteiger partial charge in [-0.3, -0.25) is 9.59 Å². The number of hydrogen-bond donors (Lipinski definition) is 1. The molecule has 1 unspecified atom stereocenters. The summed E-state index contributed by atoms with van der Waals surface area (Å²) in [5, 5.41) is 4.03. The van der Waals surface area contributed by atoms with E-state index < -0.39 is 5.97 Å². The molecule has 0 saturated heterocycles. The van der Waals surface area contributed by atoms with Crippen LogP contribution >= 0.6 is 46.0 Å². The predicted molar refractivity (Wildman–Crippen MR) is 144 cm³/mol. The highest BCUT2D eigenvalue weighted by atomic mass is 35.5. The maximum Gasteiger partial charge on any atom is 0.341 e. The number of thiazole rings is 1. The number of fused-ring (bicyclic) bond motifs is 2. The number of anilines is 1. The SMILES string of the molecule is CCn1c(=NC(=O)CSCC(=O)Nc2sc3c(c2C(=O)OC)CCC(C)C3)sc2cc(Cl)ccc21. The van der Waals surface area contributed by atoms with Crippen LogP contribution in [0.2, 0.25) is 5.02 Å². The molecule has 186 valence electrons. The molecule has 1 aliphatic rings. The van der Waals surface area contributed by atoms with Crippen molar-refractivity contribution in [1.29, 1.82) is 0 Å². The zero-order valence-electron chi connectivity index (χ0n) is 19.7. The van der Waals surface area contributed by atoms with Gasteiger partial charge >= 0.3 is 5.97 Å². The molecule has 0 aliphatic heterocycles. The van der Waals surface area contributed by atoms with Gasteiger partial charge in [-0.25, -0.2) is 4.79 Å². The van der Waals surface area contributed by atoms with Crippen molar-refractivity contribution in [2.45, 2.75) is 39.7 Å². The molecule has 0 bridgehead atoms. The molecule has 35 heavy (non-hydrogen) atoms. The quantitative estimate of drug-likeness (QED) is 0.410. The van der Waals surface area contributed by atoms with E-state index >= 15 is 0 Å². The fourth-order valence-corrected chi connectivity index (χ4v) is 7.53. The third kappa shape index (κ3) is 5.82. The summed E-state index contributed by atoms with van der Waals surface area (Å²) in [5.41, 5.74) is 2.44. The van der Waals surface area contributed by atoms with Gasteiger partial charge in [-0.2, -0.15) is 4.99 Å². The second-order valence-electron chi connectivity index (χ2n) is 8.33. The van der Waals surface area contributed by atoms with E-state index in [4.69, 9.17) is 16.3 Å². The van der Waals surface area contributed by atoms with E-state index in [0.717, 1.165) is 39.9 Å². The zero-order chi connectivity index (χ0) is 25.1. The number of nitrogens with one attached hydrogen (secondary N) is 1. The zero-order valence-corrected chi connectivity index (χ0v) is 22.9. The van der Waals surface area contributed by atoms with Crippen LogP contribution in [0.25, 0.3) is 10.2 Å². The number of carbonyl (C=O) groups is 3. The van der Waals surface area contributed by atoms with Crippen molar-refractivity contribution in [3.63, 3.8) is 0 Å². The van der Waals surface area contributed by atoms with Crippen LogP contribution in [0.1, 0.15) is 41.1 Å². The third-order valence-electron chi connectivity index (χ3n) is 5.79. The summed E-state index contributed by atoms with van der Waals surface area (Å²) in [4.78, 5) is 43.5. The first-order valence-electron chi connectivity index (χ1n) is 11.3. The Labute approximate surface area is 220 Å². The maximum absolute atomic E-state index is 12.6.